The monoisotopic (exact) mass is 313 g/mol. The molecule has 0 aliphatic carbocycles. The summed E-state index contributed by atoms with van der Waals surface area (Å²) >= 11 is 0. The smallest absolute Gasteiger partial charge is 0.410 e. The molecule has 1 atom stereocenters. The highest BCUT2D eigenvalue weighted by atomic mass is 16.6. The van der Waals surface area contributed by atoms with Crippen LogP contribution >= 0.6 is 0 Å². The number of hydrogen-bond acceptors (Lipinski definition) is 5. The first-order valence-corrected chi connectivity index (χ1v) is 7.96. The van der Waals surface area contributed by atoms with Crippen molar-refractivity contribution in [2.45, 2.75) is 70.2 Å². The summed E-state index contributed by atoms with van der Waals surface area (Å²) in [6.07, 6.45) is 3.41. The number of piperidine rings is 1. The van der Waals surface area contributed by atoms with Crippen LogP contribution in [0.4, 0.5) is 4.79 Å². The fraction of sp³-hybridized carbons (Fsp3) is 0.875. The molecule has 1 spiro atoms. The minimum atomic E-state index is -0.471. The van der Waals surface area contributed by atoms with Crippen LogP contribution in [-0.2, 0) is 19.0 Å². The Kier molecular flexibility index (Phi) is 5.00. The molecule has 0 N–H and O–H groups in total. The lowest BCUT2D eigenvalue weighted by Gasteiger charge is -2.39. The fourth-order valence-electron chi connectivity index (χ4n) is 3.10. The predicted octanol–water partition coefficient (Wildman–Crippen LogP) is 2.50. The summed E-state index contributed by atoms with van der Waals surface area (Å²) in [5.41, 5.74) is -0.654. The van der Waals surface area contributed by atoms with Crippen molar-refractivity contribution in [3.05, 3.63) is 0 Å². The van der Waals surface area contributed by atoms with Crippen LogP contribution < -0.4 is 0 Å². The van der Waals surface area contributed by atoms with Gasteiger partial charge in [0.1, 0.15) is 5.60 Å². The Morgan fingerprint density at radius 3 is 2.41 bits per heavy atom. The van der Waals surface area contributed by atoms with Gasteiger partial charge in [-0.05, 0) is 46.5 Å². The van der Waals surface area contributed by atoms with Crippen LogP contribution in [0.2, 0.25) is 0 Å². The van der Waals surface area contributed by atoms with E-state index in [1.807, 2.05) is 20.8 Å². The minimum Gasteiger partial charge on any atom is -0.469 e. The number of amides is 1. The molecule has 0 aromatic rings. The van der Waals surface area contributed by atoms with Crippen molar-refractivity contribution in [1.29, 1.82) is 0 Å². The average Bonchev–Trinajstić information content (AvgIpc) is 2.80. The molecular weight excluding hydrogens is 286 g/mol. The number of nitrogens with zero attached hydrogens (tertiary/aromatic N) is 1. The third-order valence-corrected chi connectivity index (χ3v) is 4.29. The van der Waals surface area contributed by atoms with Crippen LogP contribution in [0.1, 0.15) is 52.9 Å². The highest BCUT2D eigenvalue weighted by Crippen LogP contribution is 2.40. The molecule has 126 valence electrons. The van der Waals surface area contributed by atoms with E-state index in [0.29, 0.717) is 19.5 Å². The first-order chi connectivity index (χ1) is 10.2. The van der Waals surface area contributed by atoms with Gasteiger partial charge in [-0.15, -0.1) is 0 Å². The van der Waals surface area contributed by atoms with Gasteiger partial charge in [0.2, 0.25) is 0 Å². The molecule has 2 heterocycles. The summed E-state index contributed by atoms with van der Waals surface area (Å²) in [6.45, 7) is 6.88. The van der Waals surface area contributed by atoms with Gasteiger partial charge in [-0.1, -0.05) is 0 Å². The second-order valence-electron chi connectivity index (χ2n) is 7.21. The van der Waals surface area contributed by atoms with Gasteiger partial charge in [0.15, 0.2) is 0 Å². The lowest BCUT2D eigenvalue weighted by Crippen LogP contribution is -2.48. The number of methoxy groups -OCH3 is 1. The number of ether oxygens (including phenoxy) is 3. The number of rotatable bonds is 2. The standard InChI is InChI=1S/C16H27NO5/c1-15(2,3)22-14(19)17-9-7-16(8-10-17)6-5-12(21-16)11-13(18)20-4/h12H,5-11H2,1-4H3/t12-/m0/s1. The molecule has 1 amide bonds. The van der Waals surface area contributed by atoms with Crippen LogP contribution in [0.15, 0.2) is 0 Å². The van der Waals surface area contributed by atoms with E-state index >= 15 is 0 Å². The van der Waals surface area contributed by atoms with Crippen LogP contribution in [-0.4, -0.2) is 54.5 Å². The predicted molar refractivity (Wildman–Crippen MR) is 80.5 cm³/mol. The summed E-state index contributed by atoms with van der Waals surface area (Å²) in [7, 11) is 1.40. The van der Waals surface area contributed by atoms with Gasteiger partial charge >= 0.3 is 12.1 Å². The third kappa shape index (κ3) is 4.35. The van der Waals surface area contributed by atoms with Crippen molar-refractivity contribution in [1.82, 2.24) is 4.90 Å². The van der Waals surface area contributed by atoms with Crippen molar-refractivity contribution in [3.8, 4) is 0 Å². The topological polar surface area (TPSA) is 65.1 Å². The average molecular weight is 313 g/mol. The highest BCUT2D eigenvalue weighted by molar-refractivity contribution is 5.70. The van der Waals surface area contributed by atoms with E-state index in [2.05, 4.69) is 0 Å². The molecule has 2 aliphatic rings. The fourth-order valence-corrected chi connectivity index (χ4v) is 3.10. The second-order valence-corrected chi connectivity index (χ2v) is 7.21. The molecule has 0 bridgehead atoms. The normalized spacial score (nSPS) is 24.4. The summed E-state index contributed by atoms with van der Waals surface area (Å²) in [4.78, 5) is 25.2. The Labute approximate surface area is 132 Å². The van der Waals surface area contributed by atoms with Crippen molar-refractivity contribution in [2.24, 2.45) is 0 Å². The summed E-state index contributed by atoms with van der Waals surface area (Å²) in [5, 5.41) is 0. The molecular formula is C16H27NO5. The molecule has 22 heavy (non-hydrogen) atoms. The van der Waals surface area contributed by atoms with Gasteiger partial charge in [0, 0.05) is 13.1 Å². The molecule has 6 nitrogen and oxygen atoms in total. The van der Waals surface area contributed by atoms with Gasteiger partial charge in [0.25, 0.3) is 0 Å². The van der Waals surface area contributed by atoms with Crippen molar-refractivity contribution < 1.29 is 23.8 Å². The van der Waals surface area contributed by atoms with Crippen LogP contribution in [0.25, 0.3) is 0 Å². The maximum atomic E-state index is 12.1. The van der Waals surface area contributed by atoms with Crippen molar-refractivity contribution in [3.63, 3.8) is 0 Å². The zero-order valence-electron chi connectivity index (χ0n) is 14.0. The van der Waals surface area contributed by atoms with Crippen LogP contribution in [0.5, 0.6) is 0 Å². The summed E-state index contributed by atoms with van der Waals surface area (Å²) in [6, 6.07) is 0. The second kappa shape index (κ2) is 6.44. The first-order valence-electron chi connectivity index (χ1n) is 7.96. The third-order valence-electron chi connectivity index (χ3n) is 4.29. The minimum absolute atomic E-state index is 0.0551. The Morgan fingerprint density at radius 2 is 1.86 bits per heavy atom. The lowest BCUT2D eigenvalue weighted by molar-refractivity contribution is -0.146. The maximum Gasteiger partial charge on any atom is 0.410 e. The Bertz CT molecular complexity index is 421. The molecule has 2 rings (SSSR count). The van der Waals surface area contributed by atoms with E-state index in [4.69, 9.17) is 14.2 Å². The molecule has 0 aromatic carbocycles. The molecule has 6 heteroatoms. The summed E-state index contributed by atoms with van der Waals surface area (Å²) in [5.74, 6) is -0.228. The van der Waals surface area contributed by atoms with Crippen LogP contribution in [0, 0.1) is 0 Å². The molecule has 2 saturated heterocycles. The first kappa shape index (κ1) is 17.1. The Balaban J connectivity index is 1.82. The quantitative estimate of drug-likeness (QED) is 0.733. The van der Waals surface area contributed by atoms with E-state index in [9.17, 15) is 9.59 Å². The van der Waals surface area contributed by atoms with E-state index in [1.54, 1.807) is 4.90 Å². The van der Waals surface area contributed by atoms with E-state index in [0.717, 1.165) is 25.7 Å². The SMILES string of the molecule is COC(=O)C[C@@H]1CCC2(CCN(C(=O)OC(C)(C)C)CC2)O1. The number of carbonyl (C=O) groups is 2. The van der Waals surface area contributed by atoms with Gasteiger partial charge < -0.3 is 19.1 Å². The van der Waals surface area contributed by atoms with E-state index in [1.165, 1.54) is 7.11 Å². The number of carbonyl (C=O) groups excluding carboxylic acids is 2. The van der Waals surface area contributed by atoms with Gasteiger partial charge in [-0.25, -0.2) is 4.79 Å². The number of esters is 1. The Morgan fingerprint density at radius 1 is 1.23 bits per heavy atom. The molecule has 0 unspecified atom stereocenters. The van der Waals surface area contributed by atoms with Gasteiger partial charge in [0.05, 0.1) is 25.2 Å². The molecule has 2 aliphatic heterocycles. The molecule has 0 saturated carbocycles. The van der Waals surface area contributed by atoms with E-state index in [-0.39, 0.29) is 23.8 Å². The van der Waals surface area contributed by atoms with E-state index < -0.39 is 5.60 Å². The largest absolute Gasteiger partial charge is 0.469 e. The number of hydrogen-bond donors (Lipinski definition) is 0. The Hall–Kier alpha value is -1.30. The van der Waals surface area contributed by atoms with Gasteiger partial charge in [-0.2, -0.15) is 0 Å². The number of likely N-dealkylation sites (tertiary alicyclic amines) is 1. The van der Waals surface area contributed by atoms with Gasteiger partial charge in [-0.3, -0.25) is 4.79 Å². The maximum absolute atomic E-state index is 12.1. The van der Waals surface area contributed by atoms with Crippen LogP contribution in [0.3, 0.4) is 0 Å². The zero-order valence-corrected chi connectivity index (χ0v) is 14.0. The summed E-state index contributed by atoms with van der Waals surface area (Å²) < 4.78 is 16.2. The van der Waals surface area contributed by atoms with Crippen molar-refractivity contribution >= 4 is 12.1 Å². The highest BCUT2D eigenvalue weighted by Gasteiger charge is 2.44. The molecule has 0 aromatic heterocycles. The zero-order chi connectivity index (χ0) is 16.4. The molecule has 2 fully saturated rings. The molecule has 0 radical (unpaired) electrons. The van der Waals surface area contributed by atoms with Crippen molar-refractivity contribution in [2.75, 3.05) is 20.2 Å². The lowest BCUT2D eigenvalue weighted by atomic mass is 9.88.